The Balaban J connectivity index is 2.18. The molecule has 1 aliphatic heterocycles. The van der Waals surface area contributed by atoms with Crippen LogP contribution < -0.4 is 4.90 Å². The van der Waals surface area contributed by atoms with Gasteiger partial charge in [-0.25, -0.2) is 0 Å². The number of aliphatic hydroxyl groups excluding tert-OH is 1. The van der Waals surface area contributed by atoms with Crippen molar-refractivity contribution in [3.63, 3.8) is 0 Å². The molecular formula is C19H18N2O3. The predicted molar refractivity (Wildman–Crippen MR) is 90.6 cm³/mol. The molecule has 1 aromatic heterocycles. The van der Waals surface area contributed by atoms with Gasteiger partial charge in [-0.15, -0.1) is 0 Å². The van der Waals surface area contributed by atoms with E-state index in [1.54, 1.807) is 37.4 Å². The molecule has 1 N–H and O–H groups in total. The summed E-state index contributed by atoms with van der Waals surface area (Å²) < 4.78 is 0. The lowest BCUT2D eigenvalue weighted by atomic mass is 9.98. The first-order valence-electron chi connectivity index (χ1n) is 7.82. The Bertz CT molecular complexity index is 828. The summed E-state index contributed by atoms with van der Waals surface area (Å²) in [6.45, 7) is 3.63. The molecule has 1 amide bonds. The largest absolute Gasteiger partial charge is 0.503 e. The number of rotatable bonds is 4. The zero-order valence-electron chi connectivity index (χ0n) is 13.6. The summed E-state index contributed by atoms with van der Waals surface area (Å²) in [5.74, 6) is -1.32. The predicted octanol–water partition coefficient (Wildman–Crippen LogP) is 3.27. The van der Waals surface area contributed by atoms with E-state index in [0.717, 1.165) is 5.56 Å². The molecule has 0 aliphatic carbocycles. The first kappa shape index (κ1) is 15.9. The number of hydrogen-bond donors (Lipinski definition) is 1. The number of Topliss-reactive ketones (excluding diaryl/α,β-unsaturated/α-hetero) is 1. The molecule has 3 rings (SSSR count). The smallest absolute Gasteiger partial charge is 0.294 e. The molecule has 122 valence electrons. The summed E-state index contributed by atoms with van der Waals surface area (Å²) in [4.78, 5) is 30.8. The first-order valence-corrected chi connectivity index (χ1v) is 7.82. The molecule has 1 aliphatic rings. The van der Waals surface area contributed by atoms with Crippen LogP contribution in [-0.4, -0.2) is 21.8 Å². The van der Waals surface area contributed by atoms with Crippen LogP contribution in [0.2, 0.25) is 0 Å². The highest BCUT2D eigenvalue weighted by molar-refractivity contribution is 6.16. The van der Waals surface area contributed by atoms with E-state index in [0.29, 0.717) is 11.4 Å². The lowest BCUT2D eigenvalue weighted by Gasteiger charge is -2.26. The van der Waals surface area contributed by atoms with Crippen LogP contribution in [-0.2, 0) is 9.59 Å². The number of pyridine rings is 1. The highest BCUT2D eigenvalue weighted by Crippen LogP contribution is 2.40. The van der Waals surface area contributed by atoms with Crippen LogP contribution in [0, 0.1) is 6.92 Å². The fourth-order valence-electron chi connectivity index (χ4n) is 2.94. The Hall–Kier alpha value is -2.95. The van der Waals surface area contributed by atoms with E-state index in [-0.39, 0.29) is 17.8 Å². The van der Waals surface area contributed by atoms with Crippen molar-refractivity contribution >= 4 is 17.4 Å². The number of nitrogens with zero attached hydrogens (tertiary/aromatic N) is 2. The van der Waals surface area contributed by atoms with E-state index in [1.165, 1.54) is 4.90 Å². The van der Waals surface area contributed by atoms with Crippen molar-refractivity contribution in [2.24, 2.45) is 0 Å². The minimum Gasteiger partial charge on any atom is -0.503 e. The number of carbonyl (C=O) groups is 2. The topological polar surface area (TPSA) is 70.5 Å². The van der Waals surface area contributed by atoms with E-state index < -0.39 is 17.7 Å². The van der Waals surface area contributed by atoms with Crippen molar-refractivity contribution in [1.82, 2.24) is 4.98 Å². The van der Waals surface area contributed by atoms with Crippen LogP contribution in [0.5, 0.6) is 0 Å². The van der Waals surface area contributed by atoms with Crippen LogP contribution in [0.15, 0.2) is 60.0 Å². The summed E-state index contributed by atoms with van der Waals surface area (Å²) >= 11 is 0. The molecule has 1 unspecified atom stereocenters. The molecule has 0 spiro atoms. The van der Waals surface area contributed by atoms with Gasteiger partial charge in [-0.1, -0.05) is 25.1 Å². The van der Waals surface area contributed by atoms with E-state index in [1.807, 2.05) is 25.1 Å². The van der Waals surface area contributed by atoms with Gasteiger partial charge in [-0.2, -0.15) is 0 Å². The highest BCUT2D eigenvalue weighted by Gasteiger charge is 2.44. The molecule has 0 radical (unpaired) electrons. The van der Waals surface area contributed by atoms with Crippen LogP contribution in [0.4, 0.5) is 5.69 Å². The zero-order chi connectivity index (χ0) is 17.3. The lowest BCUT2D eigenvalue weighted by Crippen LogP contribution is -2.31. The van der Waals surface area contributed by atoms with E-state index in [9.17, 15) is 14.7 Å². The monoisotopic (exact) mass is 322 g/mol. The highest BCUT2D eigenvalue weighted by atomic mass is 16.3. The average Bonchev–Trinajstić information content (AvgIpc) is 2.86. The molecule has 0 saturated heterocycles. The summed E-state index contributed by atoms with van der Waals surface area (Å²) in [5.41, 5.74) is 2.27. The van der Waals surface area contributed by atoms with E-state index >= 15 is 0 Å². The molecule has 5 nitrogen and oxygen atoms in total. The summed E-state index contributed by atoms with van der Waals surface area (Å²) in [6.07, 6.45) is 1.81. The third kappa shape index (κ3) is 2.58. The van der Waals surface area contributed by atoms with Crippen LogP contribution >= 0.6 is 0 Å². The lowest BCUT2D eigenvalue weighted by molar-refractivity contribution is -0.118. The van der Waals surface area contributed by atoms with E-state index in [4.69, 9.17) is 0 Å². The first-order chi connectivity index (χ1) is 11.5. The number of aromatic nitrogens is 1. The maximum atomic E-state index is 12.7. The number of hydrogen-bond acceptors (Lipinski definition) is 4. The summed E-state index contributed by atoms with van der Waals surface area (Å²) in [5, 5.41) is 10.3. The zero-order valence-corrected chi connectivity index (χ0v) is 13.6. The minimum atomic E-state index is -0.715. The van der Waals surface area contributed by atoms with Crippen molar-refractivity contribution in [2.75, 3.05) is 4.90 Å². The second-order valence-corrected chi connectivity index (χ2v) is 5.71. The Morgan fingerprint density at radius 3 is 2.67 bits per heavy atom. The molecular weight excluding hydrogens is 304 g/mol. The fraction of sp³-hybridized carbons (Fsp3) is 0.211. The van der Waals surface area contributed by atoms with Crippen molar-refractivity contribution in [1.29, 1.82) is 0 Å². The normalized spacial score (nSPS) is 17.5. The quantitative estimate of drug-likeness (QED) is 0.938. The van der Waals surface area contributed by atoms with Crippen LogP contribution in [0.1, 0.15) is 30.6 Å². The molecule has 0 bridgehead atoms. The second kappa shape index (κ2) is 6.28. The molecule has 0 fully saturated rings. The number of aryl methyl sites for hydroxylation is 1. The molecule has 2 heterocycles. The third-order valence-corrected chi connectivity index (χ3v) is 4.08. The van der Waals surface area contributed by atoms with Crippen molar-refractivity contribution in [3.8, 4) is 0 Å². The van der Waals surface area contributed by atoms with Gasteiger partial charge in [0, 0.05) is 18.3 Å². The Morgan fingerprint density at radius 1 is 1.25 bits per heavy atom. The van der Waals surface area contributed by atoms with Crippen LogP contribution in [0.25, 0.3) is 0 Å². The number of ketones is 1. The average molecular weight is 322 g/mol. The Labute approximate surface area is 140 Å². The fourth-order valence-corrected chi connectivity index (χ4v) is 2.94. The number of aliphatic hydroxyl groups is 1. The minimum absolute atomic E-state index is 0.114. The molecule has 5 heteroatoms. The van der Waals surface area contributed by atoms with Gasteiger partial charge in [0.15, 0.2) is 11.5 Å². The van der Waals surface area contributed by atoms with Gasteiger partial charge < -0.3 is 5.11 Å². The van der Waals surface area contributed by atoms with Gasteiger partial charge in [-0.3, -0.25) is 19.5 Å². The van der Waals surface area contributed by atoms with Gasteiger partial charge in [0.05, 0.1) is 11.3 Å². The van der Waals surface area contributed by atoms with Gasteiger partial charge in [0.2, 0.25) is 0 Å². The van der Waals surface area contributed by atoms with E-state index in [2.05, 4.69) is 4.98 Å². The Kier molecular flexibility index (Phi) is 4.16. The second-order valence-electron chi connectivity index (χ2n) is 5.71. The third-order valence-electron chi connectivity index (χ3n) is 4.08. The standard InChI is InChI=1S/C19H18N2O3/c1-3-15(22)16-17(14-9-4-5-10-20-14)21(19(24)18(16)23)13-8-6-7-12(2)11-13/h4-11,17,23H,3H2,1-2H3. The molecule has 0 saturated carbocycles. The molecule has 1 aromatic carbocycles. The van der Waals surface area contributed by atoms with Gasteiger partial charge >= 0.3 is 0 Å². The van der Waals surface area contributed by atoms with Crippen molar-refractivity contribution in [3.05, 3.63) is 71.3 Å². The SMILES string of the molecule is CCC(=O)C1=C(O)C(=O)N(c2cccc(C)c2)C1c1ccccn1. The number of anilines is 1. The van der Waals surface area contributed by atoms with Gasteiger partial charge in [0.1, 0.15) is 6.04 Å². The molecule has 1 atom stereocenters. The molecule has 2 aromatic rings. The molecule has 24 heavy (non-hydrogen) atoms. The van der Waals surface area contributed by atoms with Crippen LogP contribution in [0.3, 0.4) is 0 Å². The Morgan fingerprint density at radius 2 is 2.04 bits per heavy atom. The van der Waals surface area contributed by atoms with Crippen molar-refractivity contribution in [2.45, 2.75) is 26.3 Å². The number of amides is 1. The maximum absolute atomic E-state index is 12.7. The van der Waals surface area contributed by atoms with Gasteiger partial charge in [0.25, 0.3) is 5.91 Å². The number of carbonyl (C=O) groups excluding carboxylic acids is 2. The number of benzene rings is 1. The summed E-state index contributed by atoms with van der Waals surface area (Å²) in [7, 11) is 0. The maximum Gasteiger partial charge on any atom is 0.294 e. The summed E-state index contributed by atoms with van der Waals surface area (Å²) in [6, 6.07) is 12.0. The van der Waals surface area contributed by atoms with Gasteiger partial charge in [-0.05, 0) is 36.8 Å². The van der Waals surface area contributed by atoms with Crippen molar-refractivity contribution < 1.29 is 14.7 Å².